The fourth-order valence-corrected chi connectivity index (χ4v) is 3.02. The summed E-state index contributed by atoms with van der Waals surface area (Å²) in [5, 5.41) is 5.63. The zero-order valence-corrected chi connectivity index (χ0v) is 12.0. The molecule has 2 unspecified atom stereocenters. The molecule has 0 aliphatic carbocycles. The third kappa shape index (κ3) is 3.98. The van der Waals surface area contributed by atoms with Gasteiger partial charge in [0.2, 0.25) is 0 Å². The summed E-state index contributed by atoms with van der Waals surface area (Å²) in [5.74, 6) is 1.52. The predicted octanol–water partition coefficient (Wildman–Crippen LogP) is 3.08. The highest BCUT2D eigenvalue weighted by Gasteiger charge is 2.22. The smallest absolute Gasteiger partial charge is 0.134 e. The van der Waals surface area contributed by atoms with E-state index < -0.39 is 0 Å². The molecule has 3 nitrogen and oxygen atoms in total. The normalized spacial score (nSPS) is 14.6. The molecular formula is C13H23NO2S. The van der Waals surface area contributed by atoms with Gasteiger partial charge in [-0.3, -0.25) is 0 Å². The molecule has 2 atom stereocenters. The van der Waals surface area contributed by atoms with E-state index in [2.05, 4.69) is 24.5 Å². The molecule has 0 radical (unpaired) electrons. The van der Waals surface area contributed by atoms with Gasteiger partial charge < -0.3 is 14.8 Å². The molecule has 0 aliphatic rings. The SMILES string of the molecule is CCNC(c1sccc1OC)C(C)CCOC. The molecule has 17 heavy (non-hydrogen) atoms. The van der Waals surface area contributed by atoms with Gasteiger partial charge in [-0.1, -0.05) is 13.8 Å². The van der Waals surface area contributed by atoms with Crippen molar-refractivity contribution in [1.29, 1.82) is 0 Å². The zero-order valence-electron chi connectivity index (χ0n) is 11.2. The number of rotatable bonds is 8. The molecule has 1 aromatic rings. The fourth-order valence-electron chi connectivity index (χ4n) is 1.95. The summed E-state index contributed by atoms with van der Waals surface area (Å²) in [6.07, 6.45) is 1.05. The number of nitrogens with one attached hydrogen (secondary N) is 1. The van der Waals surface area contributed by atoms with Crippen LogP contribution < -0.4 is 10.1 Å². The molecule has 4 heteroatoms. The molecule has 0 saturated carbocycles. The maximum atomic E-state index is 5.41. The Labute approximate surface area is 108 Å². The minimum Gasteiger partial charge on any atom is -0.496 e. The summed E-state index contributed by atoms with van der Waals surface area (Å²) >= 11 is 1.76. The first-order valence-corrected chi connectivity index (χ1v) is 6.96. The molecule has 0 aromatic carbocycles. The minimum atomic E-state index is 0.352. The van der Waals surface area contributed by atoms with E-state index in [1.165, 1.54) is 4.88 Å². The molecule has 0 fully saturated rings. The van der Waals surface area contributed by atoms with Crippen LogP contribution in [0.5, 0.6) is 5.75 Å². The van der Waals surface area contributed by atoms with Crippen LogP contribution in [-0.2, 0) is 4.74 Å². The Morgan fingerprint density at radius 2 is 2.18 bits per heavy atom. The van der Waals surface area contributed by atoms with E-state index in [9.17, 15) is 0 Å². The van der Waals surface area contributed by atoms with Gasteiger partial charge in [0, 0.05) is 19.8 Å². The molecule has 0 bridgehead atoms. The summed E-state index contributed by atoms with van der Waals surface area (Å²) in [5.41, 5.74) is 0. The van der Waals surface area contributed by atoms with Crippen molar-refractivity contribution in [3.8, 4) is 5.75 Å². The van der Waals surface area contributed by atoms with Crippen LogP contribution in [0.25, 0.3) is 0 Å². The van der Waals surface area contributed by atoms with Gasteiger partial charge in [-0.25, -0.2) is 0 Å². The molecule has 0 amide bonds. The van der Waals surface area contributed by atoms with Crippen LogP contribution in [-0.4, -0.2) is 27.4 Å². The second-order valence-corrected chi connectivity index (χ2v) is 5.10. The third-order valence-electron chi connectivity index (χ3n) is 2.93. The first-order chi connectivity index (χ1) is 8.24. The van der Waals surface area contributed by atoms with Crippen LogP contribution in [0.4, 0.5) is 0 Å². The van der Waals surface area contributed by atoms with Crippen LogP contribution in [0.2, 0.25) is 0 Å². The largest absolute Gasteiger partial charge is 0.496 e. The Hall–Kier alpha value is -0.580. The van der Waals surface area contributed by atoms with Crippen molar-refractivity contribution in [3.05, 3.63) is 16.3 Å². The number of hydrogen-bond donors (Lipinski definition) is 1. The molecule has 1 N–H and O–H groups in total. The molecule has 1 rings (SSSR count). The highest BCUT2D eigenvalue weighted by molar-refractivity contribution is 7.10. The van der Waals surface area contributed by atoms with Crippen LogP contribution in [0.15, 0.2) is 11.4 Å². The highest BCUT2D eigenvalue weighted by atomic mass is 32.1. The van der Waals surface area contributed by atoms with Crippen molar-refractivity contribution in [2.24, 2.45) is 5.92 Å². The van der Waals surface area contributed by atoms with E-state index in [-0.39, 0.29) is 0 Å². The summed E-state index contributed by atoms with van der Waals surface area (Å²) < 4.78 is 10.6. The molecule has 1 aromatic heterocycles. The highest BCUT2D eigenvalue weighted by Crippen LogP contribution is 2.35. The zero-order chi connectivity index (χ0) is 12.7. The van der Waals surface area contributed by atoms with Gasteiger partial charge in [0.15, 0.2) is 0 Å². The molecule has 1 heterocycles. The van der Waals surface area contributed by atoms with Gasteiger partial charge in [0.25, 0.3) is 0 Å². The number of hydrogen-bond acceptors (Lipinski definition) is 4. The summed E-state index contributed by atoms with van der Waals surface area (Å²) in [6, 6.07) is 2.39. The standard InChI is InChI=1S/C13H23NO2S/c1-5-14-12(10(2)6-8-15-3)13-11(16-4)7-9-17-13/h7,9-10,12,14H,5-6,8H2,1-4H3. The average Bonchev–Trinajstić information content (AvgIpc) is 2.80. The van der Waals surface area contributed by atoms with Crippen LogP contribution in [0.1, 0.15) is 31.2 Å². The van der Waals surface area contributed by atoms with Crippen LogP contribution in [0.3, 0.4) is 0 Å². The van der Waals surface area contributed by atoms with Gasteiger partial charge in [-0.15, -0.1) is 11.3 Å². The average molecular weight is 257 g/mol. The van der Waals surface area contributed by atoms with Crippen molar-refractivity contribution in [2.45, 2.75) is 26.3 Å². The number of methoxy groups -OCH3 is 2. The molecule has 0 aliphatic heterocycles. The fraction of sp³-hybridized carbons (Fsp3) is 0.692. The quantitative estimate of drug-likeness (QED) is 0.776. The maximum Gasteiger partial charge on any atom is 0.134 e. The van der Waals surface area contributed by atoms with Crippen molar-refractivity contribution in [3.63, 3.8) is 0 Å². The number of thiophene rings is 1. The monoisotopic (exact) mass is 257 g/mol. The van der Waals surface area contributed by atoms with Crippen molar-refractivity contribution in [1.82, 2.24) is 5.32 Å². The van der Waals surface area contributed by atoms with Gasteiger partial charge in [0.05, 0.1) is 12.0 Å². The van der Waals surface area contributed by atoms with E-state index in [4.69, 9.17) is 9.47 Å². The number of ether oxygens (including phenoxy) is 2. The van der Waals surface area contributed by atoms with Gasteiger partial charge in [0.1, 0.15) is 5.75 Å². The summed E-state index contributed by atoms with van der Waals surface area (Å²) in [6.45, 7) is 6.15. The Bertz CT molecular complexity index is 314. The van der Waals surface area contributed by atoms with E-state index in [1.54, 1.807) is 25.6 Å². The van der Waals surface area contributed by atoms with E-state index in [1.807, 2.05) is 6.07 Å². The lowest BCUT2D eigenvalue weighted by molar-refractivity contribution is 0.170. The lowest BCUT2D eigenvalue weighted by atomic mass is 9.97. The second kappa shape index (κ2) is 7.69. The Morgan fingerprint density at radius 1 is 1.41 bits per heavy atom. The lowest BCUT2D eigenvalue weighted by Gasteiger charge is -2.24. The van der Waals surface area contributed by atoms with Crippen LogP contribution in [0, 0.1) is 5.92 Å². The third-order valence-corrected chi connectivity index (χ3v) is 3.91. The van der Waals surface area contributed by atoms with Crippen molar-refractivity contribution < 1.29 is 9.47 Å². The topological polar surface area (TPSA) is 30.5 Å². The van der Waals surface area contributed by atoms with Crippen molar-refractivity contribution in [2.75, 3.05) is 27.4 Å². The molecule has 0 saturated heterocycles. The van der Waals surface area contributed by atoms with Gasteiger partial charge in [-0.05, 0) is 30.3 Å². The predicted molar refractivity (Wildman–Crippen MR) is 72.9 cm³/mol. The van der Waals surface area contributed by atoms with Crippen LogP contribution >= 0.6 is 11.3 Å². The molecular weight excluding hydrogens is 234 g/mol. The van der Waals surface area contributed by atoms with E-state index >= 15 is 0 Å². The van der Waals surface area contributed by atoms with E-state index in [0.717, 1.165) is 25.3 Å². The first kappa shape index (κ1) is 14.5. The maximum absolute atomic E-state index is 5.41. The minimum absolute atomic E-state index is 0.352. The lowest BCUT2D eigenvalue weighted by Crippen LogP contribution is -2.27. The first-order valence-electron chi connectivity index (χ1n) is 6.08. The van der Waals surface area contributed by atoms with Gasteiger partial charge in [-0.2, -0.15) is 0 Å². The van der Waals surface area contributed by atoms with Gasteiger partial charge >= 0.3 is 0 Å². The Balaban J connectivity index is 2.77. The summed E-state index contributed by atoms with van der Waals surface area (Å²) in [4.78, 5) is 1.29. The Morgan fingerprint density at radius 3 is 2.76 bits per heavy atom. The Kier molecular flexibility index (Phi) is 6.55. The summed E-state index contributed by atoms with van der Waals surface area (Å²) in [7, 11) is 3.48. The molecule has 98 valence electrons. The molecule has 0 spiro atoms. The van der Waals surface area contributed by atoms with E-state index in [0.29, 0.717) is 12.0 Å². The second-order valence-electron chi connectivity index (χ2n) is 4.15. The van der Waals surface area contributed by atoms with Crippen molar-refractivity contribution >= 4 is 11.3 Å².